The molecule has 144 valence electrons. The van der Waals surface area contributed by atoms with Crippen LogP contribution in [0, 0.1) is 5.82 Å². The van der Waals surface area contributed by atoms with Crippen LogP contribution in [0.3, 0.4) is 0 Å². The number of hydrogen-bond acceptors (Lipinski definition) is 5. The number of nitrogens with zero attached hydrogens (tertiary/aromatic N) is 2. The minimum atomic E-state index is -1.29. The number of amides is 1. The largest absolute Gasteiger partial charge is 0.473 e. The maximum absolute atomic E-state index is 14.4. The van der Waals surface area contributed by atoms with Crippen LogP contribution in [0.1, 0.15) is 26.3 Å². The van der Waals surface area contributed by atoms with Gasteiger partial charge in [-0.15, -0.1) is 0 Å². The molecule has 1 aromatic rings. The molecule has 2 rings (SSSR count). The Labute approximate surface area is 152 Å². The van der Waals surface area contributed by atoms with E-state index in [4.69, 9.17) is 14.6 Å². The summed E-state index contributed by atoms with van der Waals surface area (Å²) in [6, 6.07) is 4.61. The number of ether oxygens (including phenoxy) is 2. The van der Waals surface area contributed by atoms with Crippen LogP contribution in [0.2, 0.25) is 0 Å². The third kappa shape index (κ3) is 5.08. The molecule has 1 amide bonds. The van der Waals surface area contributed by atoms with Crippen molar-refractivity contribution in [3.63, 3.8) is 0 Å². The third-order valence-corrected chi connectivity index (χ3v) is 4.18. The summed E-state index contributed by atoms with van der Waals surface area (Å²) in [5.74, 6) is -1.12. The lowest BCUT2D eigenvalue weighted by molar-refractivity contribution is -0.158. The number of carbonyl (C=O) groups is 2. The lowest BCUT2D eigenvalue weighted by Gasteiger charge is -2.33. The molecule has 8 heteroatoms. The predicted octanol–water partition coefficient (Wildman–Crippen LogP) is 2.34. The average Bonchev–Trinajstić information content (AvgIpc) is 2.58. The Morgan fingerprint density at radius 1 is 1.23 bits per heavy atom. The first kappa shape index (κ1) is 20.0. The van der Waals surface area contributed by atoms with E-state index in [-0.39, 0.29) is 12.4 Å². The van der Waals surface area contributed by atoms with Crippen molar-refractivity contribution < 1.29 is 28.6 Å². The van der Waals surface area contributed by atoms with Crippen molar-refractivity contribution in [3.8, 4) is 5.75 Å². The summed E-state index contributed by atoms with van der Waals surface area (Å²) in [5.41, 5.74) is -0.529. The van der Waals surface area contributed by atoms with Crippen molar-refractivity contribution in [3.05, 3.63) is 29.6 Å². The van der Waals surface area contributed by atoms with Gasteiger partial charge in [-0.2, -0.15) is 0 Å². The first-order valence-electron chi connectivity index (χ1n) is 8.58. The number of hydrogen-bond donors (Lipinski definition) is 1. The molecule has 0 unspecified atom stereocenters. The van der Waals surface area contributed by atoms with Crippen LogP contribution in [0.4, 0.5) is 9.18 Å². The molecule has 1 saturated heterocycles. The van der Waals surface area contributed by atoms with E-state index >= 15 is 0 Å². The van der Waals surface area contributed by atoms with E-state index in [0.29, 0.717) is 32.7 Å². The number of piperazine rings is 1. The minimum Gasteiger partial charge on any atom is -0.473 e. The van der Waals surface area contributed by atoms with Gasteiger partial charge in [-0.3, -0.25) is 4.90 Å². The second-order valence-electron chi connectivity index (χ2n) is 6.64. The van der Waals surface area contributed by atoms with Gasteiger partial charge in [0.1, 0.15) is 0 Å². The highest BCUT2D eigenvalue weighted by atomic mass is 19.1. The number of benzene rings is 1. The van der Waals surface area contributed by atoms with E-state index in [1.54, 1.807) is 13.0 Å². The SMILES string of the molecule is CCOC(=O)C(C)(C)Oc1ccc(CN2CCN(C(=O)O)CC2)cc1F. The zero-order valence-corrected chi connectivity index (χ0v) is 15.3. The zero-order chi connectivity index (χ0) is 19.3. The van der Waals surface area contributed by atoms with Gasteiger partial charge in [0.05, 0.1) is 6.61 Å². The predicted molar refractivity (Wildman–Crippen MR) is 92.6 cm³/mol. The number of carboxylic acid groups (broad SMARTS) is 1. The standard InChI is InChI=1S/C18H25FN2O5/c1-4-25-16(22)18(2,3)26-15-6-5-13(11-14(15)19)12-20-7-9-21(10-8-20)17(23)24/h5-6,11H,4,7-10,12H2,1-3H3,(H,23,24). The summed E-state index contributed by atoms with van der Waals surface area (Å²) in [6.07, 6.45) is -0.915. The van der Waals surface area contributed by atoms with Gasteiger partial charge in [0, 0.05) is 32.7 Å². The van der Waals surface area contributed by atoms with Gasteiger partial charge in [-0.25, -0.2) is 14.0 Å². The van der Waals surface area contributed by atoms with Crippen LogP contribution in [0.5, 0.6) is 5.75 Å². The summed E-state index contributed by atoms with van der Waals surface area (Å²) >= 11 is 0. The molecular formula is C18H25FN2O5. The van der Waals surface area contributed by atoms with Crippen molar-refractivity contribution in [1.82, 2.24) is 9.80 Å². The average molecular weight is 368 g/mol. The van der Waals surface area contributed by atoms with Gasteiger partial charge in [0.15, 0.2) is 17.2 Å². The number of rotatable bonds is 6. The molecule has 0 aliphatic carbocycles. The van der Waals surface area contributed by atoms with Crippen LogP contribution in [-0.2, 0) is 16.1 Å². The highest BCUT2D eigenvalue weighted by molar-refractivity contribution is 5.79. The molecule has 0 saturated carbocycles. The molecule has 1 aliphatic heterocycles. The second kappa shape index (κ2) is 8.35. The molecular weight excluding hydrogens is 343 g/mol. The van der Waals surface area contributed by atoms with E-state index in [2.05, 4.69) is 4.90 Å². The van der Waals surface area contributed by atoms with E-state index in [1.165, 1.54) is 30.9 Å². The Hall–Kier alpha value is -2.35. The summed E-state index contributed by atoms with van der Waals surface area (Å²) in [4.78, 5) is 26.2. The first-order chi connectivity index (χ1) is 12.2. The van der Waals surface area contributed by atoms with Crippen LogP contribution < -0.4 is 4.74 Å². The maximum atomic E-state index is 14.4. The van der Waals surface area contributed by atoms with Gasteiger partial charge < -0.3 is 19.5 Å². The quantitative estimate of drug-likeness (QED) is 0.777. The molecule has 0 atom stereocenters. The fraction of sp³-hybridized carbons (Fsp3) is 0.556. The van der Waals surface area contributed by atoms with Crippen LogP contribution in [0.15, 0.2) is 18.2 Å². The molecule has 0 spiro atoms. The number of carbonyl (C=O) groups excluding carboxylic acids is 1. The lowest BCUT2D eigenvalue weighted by atomic mass is 10.1. The fourth-order valence-corrected chi connectivity index (χ4v) is 2.70. The Bertz CT molecular complexity index is 657. The summed E-state index contributed by atoms with van der Waals surface area (Å²) in [5, 5.41) is 8.96. The van der Waals surface area contributed by atoms with E-state index in [9.17, 15) is 14.0 Å². The zero-order valence-electron chi connectivity index (χ0n) is 15.3. The Morgan fingerprint density at radius 2 is 1.88 bits per heavy atom. The lowest BCUT2D eigenvalue weighted by Crippen LogP contribution is -2.47. The highest BCUT2D eigenvalue weighted by Crippen LogP contribution is 2.25. The van der Waals surface area contributed by atoms with Crippen LogP contribution in [0.25, 0.3) is 0 Å². The normalized spacial score (nSPS) is 15.6. The monoisotopic (exact) mass is 368 g/mol. The third-order valence-electron chi connectivity index (χ3n) is 4.18. The smallest absolute Gasteiger partial charge is 0.407 e. The topological polar surface area (TPSA) is 79.3 Å². The minimum absolute atomic E-state index is 0.0116. The summed E-state index contributed by atoms with van der Waals surface area (Å²) < 4.78 is 24.8. The maximum Gasteiger partial charge on any atom is 0.407 e. The van der Waals surface area contributed by atoms with Crippen molar-refractivity contribution in [2.45, 2.75) is 32.9 Å². The van der Waals surface area contributed by atoms with Crippen molar-refractivity contribution in [2.24, 2.45) is 0 Å². The molecule has 1 N–H and O–H groups in total. The van der Waals surface area contributed by atoms with Gasteiger partial charge in [-0.05, 0) is 38.5 Å². The molecule has 1 aromatic carbocycles. The van der Waals surface area contributed by atoms with E-state index < -0.39 is 23.5 Å². The van der Waals surface area contributed by atoms with Crippen molar-refractivity contribution in [2.75, 3.05) is 32.8 Å². The second-order valence-corrected chi connectivity index (χ2v) is 6.64. The van der Waals surface area contributed by atoms with E-state index in [1.807, 2.05) is 0 Å². The number of halogens is 1. The molecule has 1 aliphatic rings. The van der Waals surface area contributed by atoms with E-state index in [0.717, 1.165) is 5.56 Å². The number of esters is 1. The van der Waals surface area contributed by atoms with Gasteiger partial charge in [0.2, 0.25) is 0 Å². The highest BCUT2D eigenvalue weighted by Gasteiger charge is 2.32. The van der Waals surface area contributed by atoms with Gasteiger partial charge in [-0.1, -0.05) is 6.07 Å². The molecule has 1 heterocycles. The molecule has 1 fully saturated rings. The molecule has 26 heavy (non-hydrogen) atoms. The van der Waals surface area contributed by atoms with Crippen LogP contribution in [-0.4, -0.2) is 65.4 Å². The molecule has 0 radical (unpaired) electrons. The molecule has 0 aromatic heterocycles. The van der Waals surface area contributed by atoms with Crippen LogP contribution >= 0.6 is 0 Å². The molecule has 0 bridgehead atoms. The molecule has 7 nitrogen and oxygen atoms in total. The summed E-state index contributed by atoms with van der Waals surface area (Å²) in [6.45, 7) is 7.57. The fourth-order valence-electron chi connectivity index (χ4n) is 2.70. The Balaban J connectivity index is 1.97. The first-order valence-corrected chi connectivity index (χ1v) is 8.58. The van der Waals surface area contributed by atoms with Gasteiger partial charge >= 0.3 is 12.1 Å². The summed E-state index contributed by atoms with van der Waals surface area (Å²) in [7, 11) is 0. The van der Waals surface area contributed by atoms with Crippen molar-refractivity contribution in [1.29, 1.82) is 0 Å². The van der Waals surface area contributed by atoms with Crippen molar-refractivity contribution >= 4 is 12.1 Å². The Morgan fingerprint density at radius 3 is 2.42 bits per heavy atom. The van der Waals surface area contributed by atoms with Gasteiger partial charge in [0.25, 0.3) is 0 Å². The Kier molecular flexibility index (Phi) is 6.42.